The summed E-state index contributed by atoms with van der Waals surface area (Å²) in [7, 11) is 0. The molecule has 0 spiro atoms. The van der Waals surface area contributed by atoms with Crippen molar-refractivity contribution in [2.24, 2.45) is 11.7 Å². The first kappa shape index (κ1) is 12.8. The maximum atomic E-state index is 7.42. The van der Waals surface area contributed by atoms with Crippen molar-refractivity contribution in [2.45, 2.75) is 20.3 Å². The van der Waals surface area contributed by atoms with E-state index >= 15 is 0 Å². The van der Waals surface area contributed by atoms with Crippen molar-refractivity contribution in [3.05, 3.63) is 28.8 Å². The van der Waals surface area contributed by atoms with E-state index in [-0.39, 0.29) is 5.84 Å². The summed E-state index contributed by atoms with van der Waals surface area (Å²) < 4.78 is 5.58. The molecule has 16 heavy (non-hydrogen) atoms. The summed E-state index contributed by atoms with van der Waals surface area (Å²) in [6.07, 6.45) is 0.962. The lowest BCUT2D eigenvalue weighted by Crippen LogP contribution is -2.13. The molecule has 0 heterocycles. The Balaban J connectivity index is 2.76. The molecule has 0 bridgehead atoms. The predicted molar refractivity (Wildman–Crippen MR) is 67.4 cm³/mol. The minimum Gasteiger partial charge on any atom is -0.493 e. The second kappa shape index (κ2) is 5.75. The summed E-state index contributed by atoms with van der Waals surface area (Å²) in [5, 5.41) is 8.01. The summed E-state index contributed by atoms with van der Waals surface area (Å²) in [6.45, 7) is 4.87. The van der Waals surface area contributed by atoms with Crippen LogP contribution in [0.3, 0.4) is 0 Å². The van der Waals surface area contributed by atoms with Gasteiger partial charge < -0.3 is 10.5 Å². The highest BCUT2D eigenvalue weighted by atomic mass is 35.5. The molecule has 0 saturated heterocycles. The van der Waals surface area contributed by atoms with Gasteiger partial charge in [-0.1, -0.05) is 25.4 Å². The number of nitrogen functional groups attached to an aromatic ring is 1. The van der Waals surface area contributed by atoms with E-state index in [1.165, 1.54) is 0 Å². The van der Waals surface area contributed by atoms with Gasteiger partial charge in [-0.25, -0.2) is 0 Å². The monoisotopic (exact) mass is 240 g/mol. The molecule has 0 saturated carbocycles. The fourth-order valence-corrected chi connectivity index (χ4v) is 1.40. The van der Waals surface area contributed by atoms with Crippen molar-refractivity contribution in [3.63, 3.8) is 0 Å². The number of halogens is 1. The summed E-state index contributed by atoms with van der Waals surface area (Å²) in [6, 6.07) is 5.10. The van der Waals surface area contributed by atoms with Gasteiger partial charge >= 0.3 is 0 Å². The second-order valence-electron chi connectivity index (χ2n) is 4.09. The Morgan fingerprint density at radius 1 is 1.50 bits per heavy atom. The summed E-state index contributed by atoms with van der Waals surface area (Å²) in [5.41, 5.74) is 6.05. The van der Waals surface area contributed by atoms with Crippen LogP contribution in [0.25, 0.3) is 0 Å². The van der Waals surface area contributed by atoms with Crippen molar-refractivity contribution in [1.82, 2.24) is 0 Å². The van der Waals surface area contributed by atoms with E-state index in [9.17, 15) is 0 Å². The van der Waals surface area contributed by atoms with E-state index in [2.05, 4.69) is 13.8 Å². The predicted octanol–water partition coefficient (Wildman–Crippen LogP) is 3.05. The van der Waals surface area contributed by atoms with Crippen LogP contribution in [0.15, 0.2) is 18.2 Å². The summed E-state index contributed by atoms with van der Waals surface area (Å²) in [4.78, 5) is 0. The van der Waals surface area contributed by atoms with E-state index in [0.29, 0.717) is 28.9 Å². The second-order valence-corrected chi connectivity index (χ2v) is 4.52. The van der Waals surface area contributed by atoms with Crippen LogP contribution in [0.1, 0.15) is 25.8 Å². The van der Waals surface area contributed by atoms with Gasteiger partial charge in [-0.05, 0) is 30.5 Å². The molecule has 0 amide bonds. The average Bonchev–Trinajstić information content (AvgIpc) is 2.16. The van der Waals surface area contributed by atoms with Crippen molar-refractivity contribution >= 4 is 17.4 Å². The maximum Gasteiger partial charge on any atom is 0.131 e. The van der Waals surface area contributed by atoms with Crippen molar-refractivity contribution in [2.75, 3.05) is 6.61 Å². The number of ether oxygens (including phenoxy) is 1. The van der Waals surface area contributed by atoms with Gasteiger partial charge in [0.15, 0.2) is 0 Å². The minimum atomic E-state index is -0.00351. The molecule has 1 rings (SSSR count). The Morgan fingerprint density at radius 3 is 2.75 bits per heavy atom. The first-order valence-electron chi connectivity index (χ1n) is 5.27. The molecule has 0 unspecified atom stereocenters. The molecule has 0 radical (unpaired) electrons. The normalized spacial score (nSPS) is 10.5. The quantitative estimate of drug-likeness (QED) is 0.614. The number of amidine groups is 1. The molecular weight excluding hydrogens is 224 g/mol. The van der Waals surface area contributed by atoms with Crippen molar-refractivity contribution in [1.29, 1.82) is 5.41 Å². The van der Waals surface area contributed by atoms with Crippen LogP contribution >= 0.6 is 11.6 Å². The molecule has 0 fully saturated rings. The Hall–Kier alpha value is -1.22. The lowest BCUT2D eigenvalue weighted by molar-refractivity contribution is 0.289. The molecule has 1 aromatic carbocycles. The minimum absolute atomic E-state index is 0.00351. The van der Waals surface area contributed by atoms with Gasteiger partial charge in [0.1, 0.15) is 11.6 Å². The highest BCUT2D eigenvalue weighted by molar-refractivity contribution is 6.30. The third kappa shape index (κ3) is 3.74. The molecule has 3 nitrogen and oxygen atoms in total. The first-order valence-corrected chi connectivity index (χ1v) is 5.65. The zero-order valence-electron chi connectivity index (χ0n) is 9.59. The van der Waals surface area contributed by atoms with E-state index in [0.717, 1.165) is 6.42 Å². The fourth-order valence-electron chi connectivity index (χ4n) is 1.24. The van der Waals surface area contributed by atoms with Gasteiger partial charge in [-0.15, -0.1) is 0 Å². The Bertz CT molecular complexity index is 377. The van der Waals surface area contributed by atoms with E-state index < -0.39 is 0 Å². The number of rotatable bonds is 5. The van der Waals surface area contributed by atoms with Gasteiger partial charge in [0.2, 0.25) is 0 Å². The van der Waals surface area contributed by atoms with Crippen molar-refractivity contribution in [3.8, 4) is 5.75 Å². The van der Waals surface area contributed by atoms with E-state index in [1.807, 2.05) is 0 Å². The van der Waals surface area contributed by atoms with Gasteiger partial charge in [0.25, 0.3) is 0 Å². The standard InChI is InChI=1S/C12H17ClN2O/c1-8(2)5-6-16-11-7-9(13)3-4-10(11)12(14)15/h3-4,7-8H,5-6H2,1-2H3,(H3,14,15). The molecule has 0 atom stereocenters. The molecular formula is C12H17ClN2O. The average molecular weight is 241 g/mol. The SMILES string of the molecule is CC(C)CCOc1cc(Cl)ccc1C(=N)N. The molecule has 0 aliphatic carbocycles. The molecule has 3 N–H and O–H groups in total. The van der Waals surface area contributed by atoms with Crippen LogP contribution in [0.2, 0.25) is 5.02 Å². The number of hydrogen-bond acceptors (Lipinski definition) is 2. The third-order valence-corrected chi connectivity index (χ3v) is 2.42. The van der Waals surface area contributed by atoms with Gasteiger partial charge in [0.05, 0.1) is 12.2 Å². The fraction of sp³-hybridized carbons (Fsp3) is 0.417. The highest BCUT2D eigenvalue weighted by Gasteiger charge is 2.07. The number of nitrogens with two attached hydrogens (primary N) is 1. The molecule has 1 aromatic rings. The molecule has 0 aliphatic heterocycles. The van der Waals surface area contributed by atoms with Gasteiger partial charge in [-0.2, -0.15) is 0 Å². The zero-order valence-corrected chi connectivity index (χ0v) is 10.3. The lowest BCUT2D eigenvalue weighted by atomic mass is 10.1. The molecule has 0 aromatic heterocycles. The molecule has 4 heteroatoms. The van der Waals surface area contributed by atoms with Crippen LogP contribution in [0, 0.1) is 11.3 Å². The number of nitrogens with one attached hydrogen (secondary N) is 1. The van der Waals surface area contributed by atoms with Crippen LogP contribution < -0.4 is 10.5 Å². The highest BCUT2D eigenvalue weighted by Crippen LogP contribution is 2.23. The largest absolute Gasteiger partial charge is 0.493 e. The Kier molecular flexibility index (Phi) is 4.62. The first-order chi connectivity index (χ1) is 7.50. The van der Waals surface area contributed by atoms with Crippen molar-refractivity contribution < 1.29 is 4.74 Å². The van der Waals surface area contributed by atoms with E-state index in [4.69, 9.17) is 27.5 Å². The number of benzene rings is 1. The van der Waals surface area contributed by atoms with E-state index in [1.54, 1.807) is 18.2 Å². The Labute approximate surface area is 101 Å². The Morgan fingerprint density at radius 2 is 2.19 bits per heavy atom. The topological polar surface area (TPSA) is 59.1 Å². The third-order valence-electron chi connectivity index (χ3n) is 2.19. The molecule has 88 valence electrons. The lowest BCUT2D eigenvalue weighted by Gasteiger charge is -2.12. The van der Waals surface area contributed by atoms with Crippen LogP contribution in [-0.4, -0.2) is 12.4 Å². The van der Waals surface area contributed by atoms with Crippen LogP contribution in [0.4, 0.5) is 0 Å². The molecule has 0 aliphatic rings. The van der Waals surface area contributed by atoms with Gasteiger partial charge in [0, 0.05) is 5.02 Å². The van der Waals surface area contributed by atoms with Crippen LogP contribution in [-0.2, 0) is 0 Å². The van der Waals surface area contributed by atoms with Gasteiger partial charge in [-0.3, -0.25) is 5.41 Å². The van der Waals surface area contributed by atoms with Crippen LogP contribution in [0.5, 0.6) is 5.75 Å². The summed E-state index contributed by atoms with van der Waals surface area (Å²) in [5.74, 6) is 1.16. The smallest absolute Gasteiger partial charge is 0.131 e. The zero-order chi connectivity index (χ0) is 12.1. The number of hydrogen-bond donors (Lipinski definition) is 2. The summed E-state index contributed by atoms with van der Waals surface area (Å²) >= 11 is 5.87. The maximum absolute atomic E-state index is 7.42.